The van der Waals surface area contributed by atoms with E-state index < -0.39 is 0 Å². The third-order valence-electron chi connectivity index (χ3n) is 9.76. The van der Waals surface area contributed by atoms with Crippen LogP contribution in [0.4, 0.5) is 17.1 Å². The van der Waals surface area contributed by atoms with Crippen LogP contribution in [0.5, 0.6) is 0 Å². The number of nitrogens with zero attached hydrogens (tertiary/aromatic N) is 2. The summed E-state index contributed by atoms with van der Waals surface area (Å²) in [4.78, 5) is 2.46. The summed E-state index contributed by atoms with van der Waals surface area (Å²) < 4.78 is 8.92. The van der Waals surface area contributed by atoms with Crippen molar-refractivity contribution in [3.8, 4) is 16.8 Å². The number of benzene rings is 8. The first-order valence-corrected chi connectivity index (χ1v) is 16.7. The molecule has 0 aliphatic rings. The van der Waals surface area contributed by atoms with Crippen molar-refractivity contribution >= 4 is 71.6 Å². The van der Waals surface area contributed by atoms with Gasteiger partial charge in [0.15, 0.2) is 0 Å². The predicted octanol–water partition coefficient (Wildman–Crippen LogP) is 13.0. The van der Waals surface area contributed by atoms with E-state index in [9.17, 15) is 0 Å². The van der Waals surface area contributed by atoms with E-state index in [4.69, 9.17) is 4.42 Å². The van der Waals surface area contributed by atoms with Crippen LogP contribution in [0.15, 0.2) is 186 Å². The molecule has 0 spiro atoms. The lowest BCUT2D eigenvalue weighted by atomic mass is 10.0. The van der Waals surface area contributed by atoms with Crippen LogP contribution < -0.4 is 4.90 Å². The Morgan fingerprint density at radius 2 is 1.04 bits per heavy atom. The topological polar surface area (TPSA) is 21.3 Å². The van der Waals surface area contributed by atoms with Gasteiger partial charge in [-0.1, -0.05) is 133 Å². The number of hydrogen-bond donors (Lipinski definition) is 0. The first-order valence-electron chi connectivity index (χ1n) is 16.7. The molecular formula is C46H30N2O. The van der Waals surface area contributed by atoms with Gasteiger partial charge in [-0.2, -0.15) is 0 Å². The molecule has 49 heavy (non-hydrogen) atoms. The molecule has 0 fully saturated rings. The van der Waals surface area contributed by atoms with Crippen molar-refractivity contribution in [2.24, 2.45) is 0 Å². The average Bonchev–Trinajstić information content (AvgIpc) is 3.72. The second-order valence-corrected chi connectivity index (χ2v) is 12.5. The van der Waals surface area contributed by atoms with Gasteiger partial charge in [-0.05, 0) is 65.0 Å². The Labute approximate surface area is 283 Å². The molecule has 230 valence electrons. The van der Waals surface area contributed by atoms with Gasteiger partial charge in [-0.25, -0.2) is 0 Å². The quantitative estimate of drug-likeness (QED) is 0.190. The zero-order valence-corrected chi connectivity index (χ0v) is 26.6. The van der Waals surface area contributed by atoms with Crippen molar-refractivity contribution in [1.82, 2.24) is 4.57 Å². The van der Waals surface area contributed by atoms with Gasteiger partial charge in [0, 0.05) is 27.2 Å². The van der Waals surface area contributed by atoms with Crippen LogP contribution in [0, 0.1) is 0 Å². The lowest BCUT2D eigenvalue weighted by Gasteiger charge is -2.30. The summed E-state index contributed by atoms with van der Waals surface area (Å²) >= 11 is 0. The molecule has 2 heterocycles. The van der Waals surface area contributed by atoms with Crippen molar-refractivity contribution in [3.05, 3.63) is 182 Å². The van der Waals surface area contributed by atoms with E-state index in [1.807, 2.05) is 6.07 Å². The molecule has 8 aromatic carbocycles. The maximum absolute atomic E-state index is 6.48. The Morgan fingerprint density at radius 1 is 0.429 bits per heavy atom. The van der Waals surface area contributed by atoms with Gasteiger partial charge in [0.1, 0.15) is 11.2 Å². The fraction of sp³-hybridized carbons (Fsp3) is 0. The molecule has 2 aromatic heterocycles. The minimum Gasteiger partial charge on any atom is -0.456 e. The lowest BCUT2D eigenvalue weighted by Crippen LogP contribution is -2.14. The number of furan rings is 1. The predicted molar refractivity (Wildman–Crippen MR) is 206 cm³/mol. The number of anilines is 3. The van der Waals surface area contributed by atoms with Crippen LogP contribution >= 0.6 is 0 Å². The Bertz CT molecular complexity index is 2790. The number of para-hydroxylation sites is 3. The summed E-state index contributed by atoms with van der Waals surface area (Å²) in [5.74, 6) is 0. The summed E-state index contributed by atoms with van der Waals surface area (Å²) in [7, 11) is 0. The molecule has 0 amide bonds. The van der Waals surface area contributed by atoms with Crippen molar-refractivity contribution in [2.45, 2.75) is 0 Å². The van der Waals surface area contributed by atoms with E-state index in [0.717, 1.165) is 55.6 Å². The van der Waals surface area contributed by atoms with Crippen LogP contribution in [0.25, 0.3) is 71.3 Å². The lowest BCUT2D eigenvalue weighted by molar-refractivity contribution is 0.669. The molecule has 3 heteroatoms. The third-order valence-corrected chi connectivity index (χ3v) is 9.76. The molecule has 0 aliphatic carbocycles. The Kier molecular flexibility index (Phi) is 6.18. The summed E-state index contributed by atoms with van der Waals surface area (Å²) in [6.45, 7) is 0. The Balaban J connectivity index is 1.37. The minimum atomic E-state index is 0.863. The molecule has 0 saturated heterocycles. The molecule has 10 aromatic rings. The number of rotatable bonds is 5. The van der Waals surface area contributed by atoms with Crippen LogP contribution in [0.3, 0.4) is 0 Å². The fourth-order valence-corrected chi connectivity index (χ4v) is 7.63. The zero-order valence-electron chi connectivity index (χ0n) is 26.6. The maximum atomic E-state index is 6.48. The highest BCUT2D eigenvalue weighted by molar-refractivity contribution is 6.16. The summed E-state index contributed by atoms with van der Waals surface area (Å²) in [6.07, 6.45) is 0. The van der Waals surface area contributed by atoms with Crippen LogP contribution in [0.1, 0.15) is 0 Å². The smallest absolute Gasteiger partial charge is 0.137 e. The maximum Gasteiger partial charge on any atom is 0.137 e. The molecule has 0 atom stereocenters. The fourth-order valence-electron chi connectivity index (χ4n) is 7.63. The Hall–Kier alpha value is -6.58. The van der Waals surface area contributed by atoms with Crippen molar-refractivity contribution in [3.63, 3.8) is 0 Å². The van der Waals surface area contributed by atoms with Crippen LogP contribution in [0.2, 0.25) is 0 Å². The van der Waals surface area contributed by atoms with Crippen molar-refractivity contribution in [2.75, 3.05) is 4.90 Å². The molecule has 0 radical (unpaired) electrons. The van der Waals surface area contributed by atoms with Gasteiger partial charge >= 0.3 is 0 Å². The van der Waals surface area contributed by atoms with Crippen molar-refractivity contribution < 1.29 is 4.42 Å². The molecular weight excluding hydrogens is 597 g/mol. The van der Waals surface area contributed by atoms with E-state index in [-0.39, 0.29) is 0 Å². The summed E-state index contributed by atoms with van der Waals surface area (Å²) in [5.41, 5.74) is 10.8. The third kappa shape index (κ3) is 4.29. The largest absolute Gasteiger partial charge is 0.456 e. The molecule has 3 nitrogen and oxygen atoms in total. The van der Waals surface area contributed by atoms with Crippen LogP contribution in [-0.4, -0.2) is 4.57 Å². The highest BCUT2D eigenvalue weighted by Gasteiger charge is 2.26. The van der Waals surface area contributed by atoms with Crippen LogP contribution in [-0.2, 0) is 0 Å². The van der Waals surface area contributed by atoms with Gasteiger partial charge in [-0.15, -0.1) is 0 Å². The second-order valence-electron chi connectivity index (χ2n) is 12.5. The molecule has 0 unspecified atom stereocenters. The van der Waals surface area contributed by atoms with Gasteiger partial charge in [0.05, 0.1) is 33.5 Å². The van der Waals surface area contributed by atoms with Crippen molar-refractivity contribution in [1.29, 1.82) is 0 Å². The second kappa shape index (κ2) is 11.0. The standard InChI is InChI=1S/C46H30N2O/c1-2-14-31(15-3-1)33-17-12-18-34(30-33)47(41-25-13-27-44-45(41)38-22-8-11-26-43(38)49-44)46-35-19-5-4-16-32(35)28-29-42(46)48-39-23-9-6-20-36(39)37-21-7-10-24-40(37)48/h1-30H. The summed E-state index contributed by atoms with van der Waals surface area (Å²) in [6, 6.07) is 65.0. The Morgan fingerprint density at radius 3 is 1.84 bits per heavy atom. The van der Waals surface area contributed by atoms with E-state index in [1.165, 1.54) is 32.8 Å². The zero-order chi connectivity index (χ0) is 32.3. The SMILES string of the molecule is c1ccc(-c2cccc(N(c3c(-n4c5ccccc5c5ccccc54)ccc4ccccc34)c3cccc4oc5ccccc5c34)c2)cc1. The average molecular weight is 627 g/mol. The molecule has 0 aliphatic heterocycles. The molecule has 0 saturated carbocycles. The molecule has 0 bridgehead atoms. The van der Waals surface area contributed by atoms with Gasteiger partial charge in [0.2, 0.25) is 0 Å². The number of hydrogen-bond acceptors (Lipinski definition) is 2. The van der Waals surface area contributed by atoms with Gasteiger partial charge in [0.25, 0.3) is 0 Å². The van der Waals surface area contributed by atoms with Gasteiger partial charge in [-0.3, -0.25) is 0 Å². The van der Waals surface area contributed by atoms with E-state index in [0.29, 0.717) is 0 Å². The number of fused-ring (bicyclic) bond motifs is 7. The first-order chi connectivity index (χ1) is 24.3. The molecule has 10 rings (SSSR count). The highest BCUT2D eigenvalue weighted by atomic mass is 16.3. The minimum absolute atomic E-state index is 0.863. The highest BCUT2D eigenvalue weighted by Crippen LogP contribution is 2.49. The van der Waals surface area contributed by atoms with E-state index in [2.05, 4.69) is 185 Å². The number of aromatic nitrogens is 1. The molecule has 0 N–H and O–H groups in total. The van der Waals surface area contributed by atoms with E-state index in [1.54, 1.807) is 0 Å². The normalized spacial score (nSPS) is 11.7. The monoisotopic (exact) mass is 626 g/mol. The summed E-state index contributed by atoms with van der Waals surface area (Å²) in [5, 5.41) is 6.99. The van der Waals surface area contributed by atoms with E-state index >= 15 is 0 Å². The first kappa shape index (κ1) is 27.5. The van der Waals surface area contributed by atoms with Gasteiger partial charge < -0.3 is 13.9 Å².